The summed E-state index contributed by atoms with van der Waals surface area (Å²) in [5, 5.41) is 2.88. The van der Waals surface area contributed by atoms with Gasteiger partial charge in [-0.2, -0.15) is 0 Å². The minimum Gasteiger partial charge on any atom is -0.356 e. The molecule has 0 aromatic rings. The summed E-state index contributed by atoms with van der Waals surface area (Å²) in [7, 11) is 1.77. The molecule has 112 valence electrons. The van der Waals surface area contributed by atoms with Crippen LogP contribution in [0.1, 0.15) is 47.5 Å². The first-order valence-corrected chi connectivity index (χ1v) is 7.27. The van der Waals surface area contributed by atoms with Crippen molar-refractivity contribution in [3.8, 4) is 0 Å². The zero-order chi connectivity index (χ0) is 15.0. The molecule has 0 aliphatic rings. The van der Waals surface area contributed by atoms with Crippen LogP contribution >= 0.6 is 0 Å². The molecule has 1 atom stereocenters. The van der Waals surface area contributed by atoms with Gasteiger partial charge in [0.05, 0.1) is 0 Å². The maximum atomic E-state index is 12.0. The van der Waals surface area contributed by atoms with Crippen LogP contribution in [0.4, 0.5) is 0 Å². The highest BCUT2D eigenvalue weighted by Gasteiger charge is 2.20. The maximum Gasteiger partial charge on any atom is 0.225 e. The summed E-state index contributed by atoms with van der Waals surface area (Å²) in [6.45, 7) is 11.5. The fraction of sp³-hybridized carbons (Fsp3) is 0.867. The fourth-order valence-corrected chi connectivity index (χ4v) is 1.60. The Labute approximate surface area is 117 Å². The van der Waals surface area contributed by atoms with Crippen LogP contribution in [-0.4, -0.2) is 36.9 Å². The Morgan fingerprint density at radius 2 is 1.68 bits per heavy atom. The lowest BCUT2D eigenvalue weighted by molar-refractivity contribution is -0.135. The topological polar surface area (TPSA) is 49.4 Å². The normalized spacial score (nSPS) is 12.6. The maximum absolute atomic E-state index is 12.0. The summed E-state index contributed by atoms with van der Waals surface area (Å²) in [6.07, 6.45) is 1.37. The van der Waals surface area contributed by atoms with Crippen molar-refractivity contribution in [2.24, 2.45) is 17.8 Å². The number of carbonyl (C=O) groups excluding carboxylic acids is 2. The van der Waals surface area contributed by atoms with Gasteiger partial charge in [-0.15, -0.1) is 0 Å². The highest BCUT2D eigenvalue weighted by Crippen LogP contribution is 2.12. The Kier molecular flexibility index (Phi) is 8.44. The summed E-state index contributed by atoms with van der Waals surface area (Å²) in [4.78, 5) is 25.3. The predicted molar refractivity (Wildman–Crippen MR) is 78.7 cm³/mol. The number of carbonyl (C=O) groups is 2. The van der Waals surface area contributed by atoms with Crippen LogP contribution in [0.5, 0.6) is 0 Å². The lowest BCUT2D eigenvalue weighted by Gasteiger charge is -2.23. The van der Waals surface area contributed by atoms with Crippen LogP contribution in [0.15, 0.2) is 0 Å². The molecule has 0 bridgehead atoms. The molecule has 0 spiro atoms. The van der Waals surface area contributed by atoms with E-state index in [-0.39, 0.29) is 17.7 Å². The zero-order valence-electron chi connectivity index (χ0n) is 13.3. The third-order valence-corrected chi connectivity index (χ3v) is 3.48. The number of hydrogen-bond acceptors (Lipinski definition) is 2. The summed E-state index contributed by atoms with van der Waals surface area (Å²) < 4.78 is 0. The van der Waals surface area contributed by atoms with Crippen LogP contribution < -0.4 is 5.32 Å². The molecule has 0 fully saturated rings. The summed E-state index contributed by atoms with van der Waals surface area (Å²) in [5.74, 6) is 1.07. The molecule has 4 nitrogen and oxygen atoms in total. The van der Waals surface area contributed by atoms with E-state index in [1.165, 1.54) is 0 Å². The van der Waals surface area contributed by atoms with Gasteiger partial charge >= 0.3 is 0 Å². The van der Waals surface area contributed by atoms with Gasteiger partial charge in [-0.3, -0.25) is 9.59 Å². The lowest BCUT2D eigenvalue weighted by Crippen LogP contribution is -2.37. The molecule has 0 saturated carbocycles. The Balaban J connectivity index is 3.92. The van der Waals surface area contributed by atoms with Gasteiger partial charge < -0.3 is 10.2 Å². The summed E-state index contributed by atoms with van der Waals surface area (Å²) in [6, 6.07) is 0. The van der Waals surface area contributed by atoms with E-state index >= 15 is 0 Å². The second kappa shape index (κ2) is 8.94. The van der Waals surface area contributed by atoms with Gasteiger partial charge in [-0.1, -0.05) is 34.6 Å². The first-order valence-electron chi connectivity index (χ1n) is 7.27. The van der Waals surface area contributed by atoms with Crippen molar-refractivity contribution in [3.63, 3.8) is 0 Å². The van der Waals surface area contributed by atoms with Crippen LogP contribution in [0.2, 0.25) is 0 Å². The molecule has 0 aliphatic carbocycles. The van der Waals surface area contributed by atoms with Gasteiger partial charge in [0.15, 0.2) is 0 Å². The molecule has 1 N–H and O–H groups in total. The van der Waals surface area contributed by atoms with E-state index in [0.29, 0.717) is 24.8 Å². The predicted octanol–water partition coefficient (Wildman–Crippen LogP) is 2.29. The molecule has 2 amide bonds. The number of hydrogen-bond donors (Lipinski definition) is 1. The van der Waals surface area contributed by atoms with E-state index in [1.54, 1.807) is 11.9 Å². The largest absolute Gasteiger partial charge is 0.356 e. The zero-order valence-corrected chi connectivity index (χ0v) is 13.3. The van der Waals surface area contributed by atoms with Gasteiger partial charge in [0, 0.05) is 32.5 Å². The Morgan fingerprint density at radius 3 is 2.16 bits per heavy atom. The molecule has 0 unspecified atom stereocenters. The standard InChI is InChI=1S/C15H30N2O2/c1-11(2)7-9-16-14(18)8-10-17(6)15(19)13(5)12(3)4/h11-13H,7-10H2,1-6H3,(H,16,18)/t13-/m0/s1. The van der Waals surface area contributed by atoms with Crippen LogP contribution in [0.3, 0.4) is 0 Å². The van der Waals surface area contributed by atoms with Gasteiger partial charge in [-0.25, -0.2) is 0 Å². The first-order chi connectivity index (χ1) is 8.75. The van der Waals surface area contributed by atoms with E-state index in [4.69, 9.17) is 0 Å². The van der Waals surface area contributed by atoms with Crippen LogP contribution in [-0.2, 0) is 9.59 Å². The third-order valence-electron chi connectivity index (χ3n) is 3.48. The van der Waals surface area contributed by atoms with E-state index in [2.05, 4.69) is 19.2 Å². The minimum absolute atomic E-state index is 0.00834. The van der Waals surface area contributed by atoms with Crippen molar-refractivity contribution >= 4 is 11.8 Å². The molecular weight excluding hydrogens is 240 g/mol. The van der Waals surface area contributed by atoms with E-state index in [9.17, 15) is 9.59 Å². The van der Waals surface area contributed by atoms with E-state index in [1.807, 2.05) is 20.8 Å². The number of nitrogens with zero attached hydrogens (tertiary/aromatic N) is 1. The Hall–Kier alpha value is -1.06. The van der Waals surface area contributed by atoms with Crippen molar-refractivity contribution in [1.29, 1.82) is 0 Å². The molecule has 4 heteroatoms. The van der Waals surface area contributed by atoms with E-state index in [0.717, 1.165) is 13.0 Å². The number of amides is 2. The van der Waals surface area contributed by atoms with Gasteiger partial charge in [0.25, 0.3) is 0 Å². The number of rotatable bonds is 8. The third kappa shape index (κ3) is 7.85. The SMILES string of the molecule is CC(C)CCNC(=O)CCN(C)C(=O)[C@@H](C)C(C)C. The Bertz CT molecular complexity index is 288. The quantitative estimate of drug-likeness (QED) is 0.735. The van der Waals surface area contributed by atoms with E-state index < -0.39 is 0 Å². The van der Waals surface area contributed by atoms with Crippen molar-refractivity contribution in [3.05, 3.63) is 0 Å². The molecule has 0 heterocycles. The molecule has 0 rings (SSSR count). The number of nitrogens with one attached hydrogen (secondary N) is 1. The molecule has 0 aromatic heterocycles. The van der Waals surface area contributed by atoms with Crippen molar-refractivity contribution in [1.82, 2.24) is 10.2 Å². The average molecular weight is 270 g/mol. The summed E-state index contributed by atoms with van der Waals surface area (Å²) >= 11 is 0. The molecular formula is C15H30N2O2. The minimum atomic E-state index is 0.00834. The lowest BCUT2D eigenvalue weighted by atomic mass is 9.97. The first kappa shape index (κ1) is 17.9. The smallest absolute Gasteiger partial charge is 0.225 e. The highest BCUT2D eigenvalue weighted by atomic mass is 16.2. The van der Waals surface area contributed by atoms with Crippen molar-refractivity contribution in [2.45, 2.75) is 47.5 Å². The van der Waals surface area contributed by atoms with Crippen molar-refractivity contribution < 1.29 is 9.59 Å². The second-order valence-electron chi connectivity index (χ2n) is 6.07. The Morgan fingerprint density at radius 1 is 1.11 bits per heavy atom. The van der Waals surface area contributed by atoms with Crippen LogP contribution in [0, 0.1) is 17.8 Å². The molecule has 0 radical (unpaired) electrons. The molecule has 19 heavy (non-hydrogen) atoms. The van der Waals surface area contributed by atoms with Gasteiger partial charge in [0.2, 0.25) is 11.8 Å². The second-order valence-corrected chi connectivity index (χ2v) is 6.07. The van der Waals surface area contributed by atoms with Gasteiger partial charge in [-0.05, 0) is 18.3 Å². The molecule has 0 aromatic carbocycles. The van der Waals surface area contributed by atoms with Crippen LogP contribution in [0.25, 0.3) is 0 Å². The highest BCUT2D eigenvalue weighted by molar-refractivity contribution is 5.80. The average Bonchev–Trinajstić information content (AvgIpc) is 2.33. The van der Waals surface area contributed by atoms with Crippen molar-refractivity contribution in [2.75, 3.05) is 20.1 Å². The molecule has 0 aliphatic heterocycles. The molecule has 0 saturated heterocycles. The summed E-state index contributed by atoms with van der Waals surface area (Å²) in [5.41, 5.74) is 0. The monoisotopic (exact) mass is 270 g/mol. The van der Waals surface area contributed by atoms with Gasteiger partial charge in [0.1, 0.15) is 0 Å². The fourth-order valence-electron chi connectivity index (χ4n) is 1.60.